The predicted molar refractivity (Wildman–Crippen MR) is 105 cm³/mol. The lowest BCUT2D eigenvalue weighted by Gasteiger charge is -2.34. The Balaban J connectivity index is 0.00000264. The number of piperidine rings is 1. The predicted octanol–water partition coefficient (Wildman–Crippen LogP) is 2.36. The average Bonchev–Trinajstić information content (AvgIpc) is 2.52. The fourth-order valence-corrected chi connectivity index (χ4v) is 2.88. The number of guanidine groups is 1. The zero-order chi connectivity index (χ0) is 15.8. The number of carbonyl (C=O) groups is 1. The van der Waals surface area contributed by atoms with E-state index < -0.39 is 0 Å². The number of benzene rings is 1. The number of hydrogen-bond donors (Lipinski definition) is 2. The molecular weight excluding hydrogens is 403 g/mol. The van der Waals surface area contributed by atoms with Gasteiger partial charge in [-0.2, -0.15) is 0 Å². The highest BCUT2D eigenvalue weighted by Gasteiger charge is 2.23. The first-order valence-corrected chi connectivity index (χ1v) is 8.04. The average molecular weight is 430 g/mol. The standard InChI is InChI=1S/C17H26N4O.HI/c1-2-19-17(20-12-14-7-4-3-5-8-14)21-10-6-9-15(13-21)11-16(18)22;/h3-5,7-8,15H,2,6,9-13H2,1H3,(H2,18,22)(H,19,20);1H. The van der Waals surface area contributed by atoms with Crippen molar-refractivity contribution in [3.8, 4) is 0 Å². The molecule has 0 aliphatic carbocycles. The normalized spacial score (nSPS) is 18.2. The molecule has 1 unspecified atom stereocenters. The van der Waals surface area contributed by atoms with Gasteiger partial charge in [-0.05, 0) is 31.2 Å². The Bertz CT molecular complexity index is 507. The summed E-state index contributed by atoms with van der Waals surface area (Å²) in [5.41, 5.74) is 6.53. The van der Waals surface area contributed by atoms with Gasteiger partial charge in [-0.15, -0.1) is 24.0 Å². The van der Waals surface area contributed by atoms with Gasteiger partial charge in [0.05, 0.1) is 6.54 Å². The lowest BCUT2D eigenvalue weighted by Crippen LogP contribution is -2.47. The number of hydrogen-bond acceptors (Lipinski definition) is 2. The van der Waals surface area contributed by atoms with E-state index in [4.69, 9.17) is 10.7 Å². The van der Waals surface area contributed by atoms with Crippen LogP contribution in [0.3, 0.4) is 0 Å². The molecule has 1 amide bonds. The van der Waals surface area contributed by atoms with Gasteiger partial charge in [-0.25, -0.2) is 4.99 Å². The molecule has 5 nitrogen and oxygen atoms in total. The number of nitrogens with two attached hydrogens (primary N) is 1. The molecule has 1 aromatic rings. The summed E-state index contributed by atoms with van der Waals surface area (Å²) < 4.78 is 0. The van der Waals surface area contributed by atoms with Gasteiger partial charge in [0, 0.05) is 26.1 Å². The molecule has 1 aliphatic rings. The number of aliphatic imine (C=N–C) groups is 1. The van der Waals surface area contributed by atoms with Gasteiger partial charge in [0.1, 0.15) is 0 Å². The Morgan fingerprint density at radius 3 is 2.78 bits per heavy atom. The minimum atomic E-state index is -0.210. The fourth-order valence-electron chi connectivity index (χ4n) is 2.88. The maximum absolute atomic E-state index is 11.1. The molecule has 1 atom stereocenters. The van der Waals surface area contributed by atoms with Crippen LogP contribution in [0.1, 0.15) is 31.7 Å². The zero-order valence-corrected chi connectivity index (χ0v) is 16.0. The monoisotopic (exact) mass is 430 g/mol. The highest BCUT2D eigenvalue weighted by atomic mass is 127. The van der Waals surface area contributed by atoms with Gasteiger partial charge in [-0.3, -0.25) is 4.79 Å². The van der Waals surface area contributed by atoms with Gasteiger partial charge >= 0.3 is 0 Å². The third-order valence-corrected chi connectivity index (χ3v) is 3.90. The van der Waals surface area contributed by atoms with Crippen LogP contribution in [0.15, 0.2) is 35.3 Å². The van der Waals surface area contributed by atoms with E-state index in [0.717, 1.165) is 38.4 Å². The van der Waals surface area contributed by atoms with Crippen molar-refractivity contribution in [1.29, 1.82) is 0 Å². The molecule has 23 heavy (non-hydrogen) atoms. The molecular formula is C17H27IN4O. The molecule has 1 saturated heterocycles. The van der Waals surface area contributed by atoms with Gasteiger partial charge in [0.15, 0.2) is 5.96 Å². The van der Waals surface area contributed by atoms with Crippen LogP contribution in [0, 0.1) is 5.92 Å². The Kier molecular flexibility index (Phi) is 8.98. The van der Waals surface area contributed by atoms with Gasteiger partial charge < -0.3 is 16.0 Å². The van der Waals surface area contributed by atoms with Gasteiger partial charge in [0.2, 0.25) is 5.91 Å². The summed E-state index contributed by atoms with van der Waals surface area (Å²) in [6.07, 6.45) is 2.61. The molecule has 1 aromatic carbocycles. The third kappa shape index (κ3) is 6.76. The number of amides is 1. The van der Waals surface area contributed by atoms with E-state index in [1.807, 2.05) is 18.2 Å². The summed E-state index contributed by atoms with van der Waals surface area (Å²) in [6.45, 7) is 5.41. The molecule has 128 valence electrons. The topological polar surface area (TPSA) is 70.7 Å². The summed E-state index contributed by atoms with van der Waals surface area (Å²) in [5, 5.41) is 3.36. The molecule has 1 heterocycles. The van der Waals surface area contributed by atoms with Crippen LogP contribution in [0.25, 0.3) is 0 Å². The van der Waals surface area contributed by atoms with Crippen LogP contribution >= 0.6 is 24.0 Å². The first-order chi connectivity index (χ1) is 10.7. The molecule has 0 saturated carbocycles. The maximum Gasteiger partial charge on any atom is 0.217 e. The van der Waals surface area contributed by atoms with Crippen molar-refractivity contribution in [2.24, 2.45) is 16.6 Å². The number of carbonyl (C=O) groups excluding carboxylic acids is 1. The first-order valence-electron chi connectivity index (χ1n) is 8.04. The second-order valence-corrected chi connectivity index (χ2v) is 5.78. The molecule has 1 aliphatic heterocycles. The summed E-state index contributed by atoms with van der Waals surface area (Å²) >= 11 is 0. The molecule has 0 radical (unpaired) electrons. The van der Waals surface area contributed by atoms with Crippen molar-refractivity contribution in [3.63, 3.8) is 0 Å². The second-order valence-electron chi connectivity index (χ2n) is 5.78. The van der Waals surface area contributed by atoms with Crippen LogP contribution in [0.2, 0.25) is 0 Å². The van der Waals surface area contributed by atoms with Crippen molar-refractivity contribution in [2.45, 2.75) is 32.7 Å². The molecule has 6 heteroatoms. The van der Waals surface area contributed by atoms with E-state index in [2.05, 4.69) is 29.3 Å². The van der Waals surface area contributed by atoms with Crippen molar-refractivity contribution in [1.82, 2.24) is 10.2 Å². The first kappa shape index (κ1) is 19.7. The largest absolute Gasteiger partial charge is 0.370 e. The van der Waals surface area contributed by atoms with Crippen molar-refractivity contribution >= 4 is 35.8 Å². The minimum absolute atomic E-state index is 0. The van der Waals surface area contributed by atoms with E-state index in [1.165, 1.54) is 5.56 Å². The molecule has 0 spiro atoms. The molecule has 0 aromatic heterocycles. The van der Waals surface area contributed by atoms with Crippen LogP contribution in [0.4, 0.5) is 0 Å². The number of rotatable bonds is 5. The van der Waals surface area contributed by atoms with E-state index in [9.17, 15) is 4.79 Å². The van der Waals surface area contributed by atoms with E-state index >= 15 is 0 Å². The van der Waals surface area contributed by atoms with E-state index in [1.54, 1.807) is 0 Å². The van der Waals surface area contributed by atoms with E-state index in [0.29, 0.717) is 18.9 Å². The van der Waals surface area contributed by atoms with Crippen LogP contribution in [-0.4, -0.2) is 36.4 Å². The second kappa shape index (κ2) is 10.5. The SMILES string of the molecule is CCNC(=NCc1ccccc1)N1CCCC(CC(N)=O)C1.I. The molecule has 1 fully saturated rings. The lowest BCUT2D eigenvalue weighted by atomic mass is 9.95. The number of likely N-dealkylation sites (tertiary alicyclic amines) is 1. The van der Waals surface area contributed by atoms with Crippen LogP contribution < -0.4 is 11.1 Å². The summed E-state index contributed by atoms with van der Waals surface area (Å²) in [5.74, 6) is 1.06. The van der Waals surface area contributed by atoms with Crippen molar-refractivity contribution in [2.75, 3.05) is 19.6 Å². The smallest absolute Gasteiger partial charge is 0.217 e. The minimum Gasteiger partial charge on any atom is -0.370 e. The molecule has 0 bridgehead atoms. The Morgan fingerprint density at radius 1 is 1.39 bits per heavy atom. The quantitative estimate of drug-likeness (QED) is 0.428. The summed E-state index contributed by atoms with van der Waals surface area (Å²) in [6, 6.07) is 10.2. The zero-order valence-electron chi connectivity index (χ0n) is 13.7. The highest BCUT2D eigenvalue weighted by Crippen LogP contribution is 2.19. The fraction of sp³-hybridized carbons (Fsp3) is 0.529. The maximum atomic E-state index is 11.1. The van der Waals surface area contributed by atoms with Gasteiger partial charge in [-0.1, -0.05) is 30.3 Å². The Hall–Kier alpha value is -1.31. The molecule has 3 N–H and O–H groups in total. The van der Waals surface area contributed by atoms with Crippen molar-refractivity contribution in [3.05, 3.63) is 35.9 Å². The highest BCUT2D eigenvalue weighted by molar-refractivity contribution is 14.0. The van der Waals surface area contributed by atoms with Crippen LogP contribution in [0.5, 0.6) is 0 Å². The number of primary amides is 1. The summed E-state index contributed by atoms with van der Waals surface area (Å²) in [7, 11) is 0. The van der Waals surface area contributed by atoms with Crippen molar-refractivity contribution < 1.29 is 4.79 Å². The molecule has 2 rings (SSSR count). The Labute approximate surface area is 155 Å². The number of nitrogens with one attached hydrogen (secondary N) is 1. The third-order valence-electron chi connectivity index (χ3n) is 3.90. The number of nitrogens with zero attached hydrogens (tertiary/aromatic N) is 2. The summed E-state index contributed by atoms with van der Waals surface area (Å²) in [4.78, 5) is 18.1. The van der Waals surface area contributed by atoms with E-state index in [-0.39, 0.29) is 29.9 Å². The van der Waals surface area contributed by atoms with Gasteiger partial charge in [0.25, 0.3) is 0 Å². The Morgan fingerprint density at radius 2 is 2.13 bits per heavy atom. The number of halogens is 1. The lowest BCUT2D eigenvalue weighted by molar-refractivity contribution is -0.119. The van der Waals surface area contributed by atoms with Crippen LogP contribution in [-0.2, 0) is 11.3 Å².